The van der Waals surface area contributed by atoms with Crippen LogP contribution in [0.1, 0.15) is 36.6 Å². The van der Waals surface area contributed by atoms with Gasteiger partial charge in [-0.25, -0.2) is 9.79 Å². The Hall–Kier alpha value is -4.10. The first-order valence-electron chi connectivity index (χ1n) is 13.7. The molecule has 0 saturated carbocycles. The van der Waals surface area contributed by atoms with Crippen molar-refractivity contribution >= 4 is 46.0 Å². The molecule has 3 aromatic carbocycles. The number of benzene rings is 3. The fourth-order valence-corrected chi connectivity index (χ4v) is 6.81. The monoisotopic (exact) mass is 726 g/mol. The van der Waals surface area contributed by atoms with Gasteiger partial charge >= 0.3 is 5.97 Å². The number of fused-ring (bicyclic) bond motifs is 1. The minimum Gasteiger partial charge on any atom is -0.497 e. The smallest absolute Gasteiger partial charge is 0.338 e. The van der Waals surface area contributed by atoms with E-state index in [1.807, 2.05) is 42.5 Å². The lowest BCUT2D eigenvalue weighted by molar-refractivity contribution is -0.139. The van der Waals surface area contributed by atoms with Gasteiger partial charge < -0.3 is 23.7 Å². The molecule has 5 rings (SSSR count). The van der Waals surface area contributed by atoms with Crippen molar-refractivity contribution in [3.05, 3.63) is 112 Å². The molecule has 1 atom stereocenters. The van der Waals surface area contributed by atoms with E-state index in [9.17, 15) is 9.59 Å². The summed E-state index contributed by atoms with van der Waals surface area (Å²) < 4.78 is 31.1. The third-order valence-corrected chi connectivity index (χ3v) is 8.81. The minimum atomic E-state index is -0.846. The van der Waals surface area contributed by atoms with Gasteiger partial charge in [-0.3, -0.25) is 9.36 Å². The molecule has 0 unspecified atom stereocenters. The SMILES string of the molecule is CCOC(=O)C1=C(C)N=c2s/c(=C/c3cc(I)c(OCc4ccccc4)c(OC)c3)c(=O)n2[C@H]1c1cc(OC)ccc1OC. The van der Waals surface area contributed by atoms with Gasteiger partial charge in [0.15, 0.2) is 16.3 Å². The Bertz CT molecular complexity index is 1910. The largest absolute Gasteiger partial charge is 0.497 e. The van der Waals surface area contributed by atoms with Crippen LogP contribution in [0.3, 0.4) is 0 Å². The molecule has 1 aromatic heterocycles. The number of ether oxygens (including phenoxy) is 5. The van der Waals surface area contributed by atoms with Crippen LogP contribution in [0.5, 0.6) is 23.0 Å². The van der Waals surface area contributed by atoms with Gasteiger partial charge in [-0.05, 0) is 84.0 Å². The highest BCUT2D eigenvalue weighted by atomic mass is 127. The van der Waals surface area contributed by atoms with E-state index < -0.39 is 12.0 Å². The first-order valence-corrected chi connectivity index (χ1v) is 15.6. The van der Waals surface area contributed by atoms with Crippen molar-refractivity contribution < 1.29 is 28.5 Å². The van der Waals surface area contributed by atoms with Crippen LogP contribution in [0, 0.1) is 3.57 Å². The van der Waals surface area contributed by atoms with E-state index in [4.69, 9.17) is 23.7 Å². The van der Waals surface area contributed by atoms with Crippen molar-refractivity contribution in [3.8, 4) is 23.0 Å². The number of carbonyl (C=O) groups excluding carboxylic acids is 1. The summed E-state index contributed by atoms with van der Waals surface area (Å²) in [5.41, 5.74) is 2.77. The number of thiazole rings is 1. The van der Waals surface area contributed by atoms with Crippen molar-refractivity contribution in [2.75, 3.05) is 27.9 Å². The molecule has 0 fully saturated rings. The highest BCUT2D eigenvalue weighted by molar-refractivity contribution is 14.1. The Morgan fingerprint density at radius 1 is 1.02 bits per heavy atom. The molecule has 0 aliphatic carbocycles. The average Bonchev–Trinajstić information content (AvgIpc) is 3.33. The van der Waals surface area contributed by atoms with E-state index in [-0.39, 0.29) is 17.7 Å². The normalized spacial score (nSPS) is 14.5. The molecular weight excluding hydrogens is 695 g/mol. The maximum absolute atomic E-state index is 14.1. The van der Waals surface area contributed by atoms with Gasteiger partial charge in [-0.1, -0.05) is 41.7 Å². The quantitative estimate of drug-likeness (QED) is 0.168. The molecule has 228 valence electrons. The predicted molar refractivity (Wildman–Crippen MR) is 176 cm³/mol. The molecule has 1 aliphatic heterocycles. The van der Waals surface area contributed by atoms with Crippen molar-refractivity contribution in [3.63, 3.8) is 0 Å². The number of esters is 1. The summed E-state index contributed by atoms with van der Waals surface area (Å²) in [6.45, 7) is 4.04. The Morgan fingerprint density at radius 3 is 2.45 bits per heavy atom. The lowest BCUT2D eigenvalue weighted by Crippen LogP contribution is -2.40. The van der Waals surface area contributed by atoms with E-state index in [0.29, 0.717) is 50.2 Å². The van der Waals surface area contributed by atoms with E-state index >= 15 is 0 Å². The summed E-state index contributed by atoms with van der Waals surface area (Å²) in [4.78, 5) is 32.5. The first kappa shape index (κ1) is 31.3. The average molecular weight is 727 g/mol. The highest BCUT2D eigenvalue weighted by Crippen LogP contribution is 2.38. The fourth-order valence-electron chi connectivity index (χ4n) is 4.98. The number of methoxy groups -OCH3 is 3. The zero-order valence-electron chi connectivity index (χ0n) is 24.9. The van der Waals surface area contributed by atoms with Crippen LogP contribution in [0.15, 0.2) is 81.7 Å². The van der Waals surface area contributed by atoms with Crippen LogP contribution in [0.4, 0.5) is 0 Å². The van der Waals surface area contributed by atoms with Gasteiger partial charge in [-0.2, -0.15) is 0 Å². The highest BCUT2D eigenvalue weighted by Gasteiger charge is 2.35. The molecule has 0 N–H and O–H groups in total. The third kappa shape index (κ3) is 6.25. The molecule has 9 nitrogen and oxygen atoms in total. The molecular formula is C33H31IN2O7S. The zero-order chi connectivity index (χ0) is 31.4. The molecule has 0 saturated heterocycles. The number of aromatic nitrogens is 1. The lowest BCUT2D eigenvalue weighted by atomic mass is 9.94. The molecule has 0 radical (unpaired) electrons. The molecule has 0 spiro atoms. The third-order valence-electron chi connectivity index (χ3n) is 7.02. The van der Waals surface area contributed by atoms with Gasteiger partial charge in [0.25, 0.3) is 5.56 Å². The van der Waals surface area contributed by atoms with E-state index in [2.05, 4.69) is 27.6 Å². The molecule has 0 amide bonds. The van der Waals surface area contributed by atoms with Crippen LogP contribution in [-0.4, -0.2) is 38.5 Å². The van der Waals surface area contributed by atoms with Gasteiger partial charge in [-0.15, -0.1) is 0 Å². The predicted octanol–water partition coefficient (Wildman–Crippen LogP) is 5.01. The summed E-state index contributed by atoms with van der Waals surface area (Å²) in [5, 5.41) is 0. The lowest BCUT2D eigenvalue weighted by Gasteiger charge is -2.26. The maximum atomic E-state index is 14.1. The summed E-state index contributed by atoms with van der Waals surface area (Å²) in [5.74, 6) is 1.66. The summed E-state index contributed by atoms with van der Waals surface area (Å²) in [6, 6.07) is 18.1. The number of nitrogens with zero attached hydrogens (tertiary/aromatic N) is 2. The number of hydrogen-bond donors (Lipinski definition) is 0. The zero-order valence-corrected chi connectivity index (χ0v) is 27.9. The van der Waals surface area contributed by atoms with E-state index in [1.165, 1.54) is 23.0 Å². The summed E-state index contributed by atoms with van der Waals surface area (Å²) >= 11 is 3.44. The first-order chi connectivity index (χ1) is 21.3. The van der Waals surface area contributed by atoms with Crippen molar-refractivity contribution in [1.29, 1.82) is 0 Å². The minimum absolute atomic E-state index is 0.174. The van der Waals surface area contributed by atoms with Crippen LogP contribution in [-0.2, 0) is 16.1 Å². The van der Waals surface area contributed by atoms with Crippen LogP contribution in [0.25, 0.3) is 6.08 Å². The van der Waals surface area contributed by atoms with Crippen molar-refractivity contribution in [2.45, 2.75) is 26.5 Å². The second-order valence-corrected chi connectivity index (χ2v) is 11.9. The Balaban J connectivity index is 1.63. The Morgan fingerprint density at radius 2 is 1.77 bits per heavy atom. The Kier molecular flexibility index (Phi) is 9.74. The molecule has 11 heteroatoms. The molecule has 4 aromatic rings. The van der Waals surface area contributed by atoms with Gasteiger partial charge in [0.05, 0.1) is 47.3 Å². The number of carbonyl (C=O) groups is 1. The van der Waals surface area contributed by atoms with Crippen LogP contribution in [0.2, 0.25) is 0 Å². The van der Waals surface area contributed by atoms with Gasteiger partial charge in [0.1, 0.15) is 24.1 Å². The number of rotatable bonds is 10. The maximum Gasteiger partial charge on any atom is 0.338 e. The molecule has 44 heavy (non-hydrogen) atoms. The fraction of sp³-hybridized carbons (Fsp3) is 0.242. The van der Waals surface area contributed by atoms with Gasteiger partial charge in [0, 0.05) is 5.56 Å². The Labute approximate surface area is 272 Å². The van der Waals surface area contributed by atoms with Gasteiger partial charge in [0.2, 0.25) is 0 Å². The topological polar surface area (TPSA) is 97.6 Å². The van der Waals surface area contributed by atoms with Crippen LogP contribution < -0.4 is 33.8 Å². The number of allylic oxidation sites excluding steroid dienone is 1. The van der Waals surface area contributed by atoms with Crippen molar-refractivity contribution in [1.82, 2.24) is 4.57 Å². The summed E-state index contributed by atoms with van der Waals surface area (Å²) in [7, 11) is 4.68. The number of hydrogen-bond acceptors (Lipinski definition) is 9. The molecule has 1 aliphatic rings. The second-order valence-electron chi connectivity index (χ2n) is 9.72. The van der Waals surface area contributed by atoms with Crippen molar-refractivity contribution in [2.24, 2.45) is 4.99 Å². The number of halogens is 1. The summed E-state index contributed by atoms with van der Waals surface area (Å²) in [6.07, 6.45) is 1.79. The second kappa shape index (κ2) is 13.7. The van der Waals surface area contributed by atoms with Crippen LogP contribution >= 0.6 is 33.9 Å². The van der Waals surface area contributed by atoms with E-state index in [1.54, 1.807) is 52.3 Å². The molecule has 0 bridgehead atoms. The molecule has 2 heterocycles. The van der Waals surface area contributed by atoms with E-state index in [0.717, 1.165) is 14.7 Å². The standard InChI is InChI=1S/C33H31IN2O7S/c1-6-42-32(38)28-19(2)35-33-36(29(28)23-17-22(39-3)12-13-25(23)40-4)31(37)27(44-33)16-21-14-24(34)30(26(15-21)41-5)43-18-20-10-8-7-9-11-20/h7-17,29H,6,18H2,1-5H3/b27-16+/t29-/m0/s1.